The summed E-state index contributed by atoms with van der Waals surface area (Å²) in [6, 6.07) is 5.37. The number of rotatable bonds is 4. The first-order valence-electron chi connectivity index (χ1n) is 4.58. The molecule has 1 aromatic rings. The Morgan fingerprint density at radius 3 is 2.53 bits per heavy atom. The van der Waals surface area contributed by atoms with Gasteiger partial charge in [-0.3, -0.25) is 4.79 Å². The topological polar surface area (TPSA) is 26.3 Å². The van der Waals surface area contributed by atoms with Crippen LogP contribution in [-0.2, 0) is 4.74 Å². The highest BCUT2D eigenvalue weighted by molar-refractivity contribution is 7.80. The van der Waals surface area contributed by atoms with Crippen molar-refractivity contribution in [2.24, 2.45) is 0 Å². The molecule has 0 spiro atoms. The molecular weight excluding hydrogens is 215 g/mol. The largest absolute Gasteiger partial charge is 0.487 e. The lowest BCUT2D eigenvalue weighted by molar-refractivity contribution is 0.0994. The van der Waals surface area contributed by atoms with Gasteiger partial charge in [0.25, 0.3) is 0 Å². The summed E-state index contributed by atoms with van der Waals surface area (Å²) in [4.78, 5) is 11.6. The normalized spacial score (nSPS) is 9.73. The molecule has 1 aromatic carbocycles. The van der Waals surface area contributed by atoms with Crippen LogP contribution in [0, 0.1) is 5.82 Å². The number of hydrogen-bond donors (Lipinski definition) is 0. The molecule has 0 bridgehead atoms. The van der Waals surface area contributed by atoms with E-state index in [1.807, 2.05) is 0 Å². The summed E-state index contributed by atoms with van der Waals surface area (Å²) in [7, 11) is 0. The molecule has 0 fully saturated rings. The van der Waals surface area contributed by atoms with Crippen molar-refractivity contribution in [1.29, 1.82) is 0 Å². The number of carbonyl (C=O) groups is 1. The molecule has 0 aliphatic heterocycles. The predicted molar refractivity (Wildman–Crippen MR) is 59.6 cm³/mol. The van der Waals surface area contributed by atoms with Crippen LogP contribution in [0.3, 0.4) is 0 Å². The van der Waals surface area contributed by atoms with Gasteiger partial charge in [-0.2, -0.15) is 0 Å². The van der Waals surface area contributed by atoms with Crippen LogP contribution in [0.5, 0.6) is 0 Å². The summed E-state index contributed by atoms with van der Waals surface area (Å²) in [5.74, 6) is -0.521. The van der Waals surface area contributed by atoms with Gasteiger partial charge in [0, 0.05) is 5.56 Å². The van der Waals surface area contributed by atoms with Gasteiger partial charge in [0.05, 0.1) is 13.0 Å². The van der Waals surface area contributed by atoms with Crippen LogP contribution in [-0.4, -0.2) is 17.4 Å². The zero-order valence-corrected chi connectivity index (χ0v) is 9.14. The number of ether oxygens (including phenoxy) is 1. The molecular formula is C11H11FO2S. The van der Waals surface area contributed by atoms with Crippen LogP contribution in [0.25, 0.3) is 0 Å². The Kier molecular flexibility index (Phi) is 4.37. The van der Waals surface area contributed by atoms with Crippen LogP contribution in [0.4, 0.5) is 4.39 Å². The Hall–Kier alpha value is -1.29. The van der Waals surface area contributed by atoms with E-state index >= 15 is 0 Å². The maximum atomic E-state index is 12.6. The molecule has 0 unspecified atom stereocenters. The molecule has 0 aromatic heterocycles. The van der Waals surface area contributed by atoms with Gasteiger partial charge in [0.2, 0.25) is 0 Å². The SMILES string of the molecule is CCOC(=S)CC(=O)c1ccc(F)cc1. The average molecular weight is 226 g/mol. The first-order valence-corrected chi connectivity index (χ1v) is 4.98. The predicted octanol–water partition coefficient (Wildman–Crippen LogP) is 2.76. The molecule has 0 aliphatic carbocycles. The van der Waals surface area contributed by atoms with Crippen molar-refractivity contribution in [3.05, 3.63) is 35.6 Å². The first-order chi connectivity index (χ1) is 7.13. The number of carbonyl (C=O) groups excluding carboxylic acids is 1. The van der Waals surface area contributed by atoms with E-state index in [1.165, 1.54) is 24.3 Å². The molecule has 15 heavy (non-hydrogen) atoms. The standard InChI is InChI=1S/C11H11FO2S/c1-2-14-11(15)7-10(13)8-3-5-9(12)6-4-8/h3-6H,2,7H2,1H3. The van der Waals surface area contributed by atoms with Crippen LogP contribution in [0.2, 0.25) is 0 Å². The number of Topliss-reactive ketones (excluding diaryl/α,β-unsaturated/α-hetero) is 1. The lowest BCUT2D eigenvalue weighted by Crippen LogP contribution is -2.09. The van der Waals surface area contributed by atoms with E-state index in [0.29, 0.717) is 12.2 Å². The number of hydrogen-bond acceptors (Lipinski definition) is 3. The second kappa shape index (κ2) is 5.56. The van der Waals surface area contributed by atoms with E-state index in [4.69, 9.17) is 17.0 Å². The summed E-state index contributed by atoms with van der Waals surface area (Å²) in [6.07, 6.45) is 0.0643. The maximum Gasteiger partial charge on any atom is 0.171 e. The molecule has 80 valence electrons. The molecule has 0 saturated heterocycles. The van der Waals surface area contributed by atoms with Crippen molar-refractivity contribution in [3.63, 3.8) is 0 Å². The fourth-order valence-electron chi connectivity index (χ4n) is 1.08. The highest BCUT2D eigenvalue weighted by Gasteiger charge is 2.09. The van der Waals surface area contributed by atoms with E-state index in [2.05, 4.69) is 0 Å². The lowest BCUT2D eigenvalue weighted by Gasteiger charge is -2.03. The highest BCUT2D eigenvalue weighted by Crippen LogP contribution is 2.07. The van der Waals surface area contributed by atoms with Crippen LogP contribution >= 0.6 is 12.2 Å². The minimum Gasteiger partial charge on any atom is -0.487 e. The monoisotopic (exact) mass is 226 g/mol. The van der Waals surface area contributed by atoms with Gasteiger partial charge >= 0.3 is 0 Å². The molecule has 1 rings (SSSR count). The van der Waals surface area contributed by atoms with Crippen molar-refractivity contribution in [2.75, 3.05) is 6.61 Å². The van der Waals surface area contributed by atoms with Crippen molar-refractivity contribution < 1.29 is 13.9 Å². The minimum atomic E-state index is -0.362. The Morgan fingerprint density at radius 1 is 1.40 bits per heavy atom. The Balaban J connectivity index is 2.61. The van der Waals surface area contributed by atoms with Gasteiger partial charge in [-0.05, 0) is 43.4 Å². The van der Waals surface area contributed by atoms with Crippen molar-refractivity contribution in [3.8, 4) is 0 Å². The van der Waals surface area contributed by atoms with E-state index in [9.17, 15) is 9.18 Å². The third-order valence-electron chi connectivity index (χ3n) is 1.78. The molecule has 2 nitrogen and oxygen atoms in total. The smallest absolute Gasteiger partial charge is 0.171 e. The molecule has 4 heteroatoms. The van der Waals surface area contributed by atoms with Crippen molar-refractivity contribution in [1.82, 2.24) is 0 Å². The van der Waals surface area contributed by atoms with Crippen molar-refractivity contribution in [2.45, 2.75) is 13.3 Å². The van der Waals surface area contributed by atoms with Crippen LogP contribution in [0.15, 0.2) is 24.3 Å². The number of ketones is 1. The van der Waals surface area contributed by atoms with Crippen LogP contribution < -0.4 is 0 Å². The first kappa shape index (κ1) is 11.8. The number of thiocarbonyl (C=S) groups is 1. The Bertz CT molecular complexity index is 359. The second-order valence-corrected chi connectivity index (χ2v) is 3.37. The summed E-state index contributed by atoms with van der Waals surface area (Å²) in [5.41, 5.74) is 0.443. The summed E-state index contributed by atoms with van der Waals surface area (Å²) in [5, 5.41) is 0.270. The Labute approximate surface area is 93.1 Å². The van der Waals surface area contributed by atoms with Crippen LogP contribution in [0.1, 0.15) is 23.7 Å². The Morgan fingerprint density at radius 2 is 2.00 bits per heavy atom. The summed E-state index contributed by atoms with van der Waals surface area (Å²) in [6.45, 7) is 2.25. The molecule has 0 atom stereocenters. The zero-order chi connectivity index (χ0) is 11.3. The van der Waals surface area contributed by atoms with E-state index < -0.39 is 0 Å². The lowest BCUT2D eigenvalue weighted by atomic mass is 10.1. The van der Waals surface area contributed by atoms with Gasteiger partial charge in [-0.25, -0.2) is 4.39 Å². The van der Waals surface area contributed by atoms with Gasteiger partial charge in [0.15, 0.2) is 10.8 Å². The number of halogens is 1. The molecule has 0 saturated carbocycles. The highest BCUT2D eigenvalue weighted by atomic mass is 32.1. The van der Waals surface area contributed by atoms with E-state index in [1.54, 1.807) is 6.92 Å². The van der Waals surface area contributed by atoms with Gasteiger partial charge in [0.1, 0.15) is 5.82 Å². The second-order valence-electron chi connectivity index (χ2n) is 2.91. The molecule has 0 N–H and O–H groups in total. The van der Waals surface area contributed by atoms with E-state index in [-0.39, 0.29) is 23.1 Å². The minimum absolute atomic E-state index is 0.0643. The van der Waals surface area contributed by atoms with Gasteiger partial charge in [-0.15, -0.1) is 0 Å². The molecule has 0 aliphatic rings. The maximum absolute atomic E-state index is 12.6. The zero-order valence-electron chi connectivity index (χ0n) is 8.33. The fourth-order valence-corrected chi connectivity index (χ4v) is 1.33. The average Bonchev–Trinajstić information content (AvgIpc) is 2.18. The summed E-state index contributed by atoms with van der Waals surface area (Å²) >= 11 is 4.84. The third-order valence-corrected chi connectivity index (χ3v) is 2.04. The summed E-state index contributed by atoms with van der Waals surface area (Å²) < 4.78 is 17.6. The quantitative estimate of drug-likeness (QED) is 0.583. The van der Waals surface area contributed by atoms with Crippen molar-refractivity contribution >= 4 is 23.1 Å². The molecule has 0 amide bonds. The van der Waals surface area contributed by atoms with Gasteiger partial charge < -0.3 is 4.74 Å². The van der Waals surface area contributed by atoms with Gasteiger partial charge in [-0.1, -0.05) is 0 Å². The van der Waals surface area contributed by atoms with E-state index in [0.717, 1.165) is 0 Å². The fraction of sp³-hybridized carbons (Fsp3) is 0.273. The third kappa shape index (κ3) is 3.75. The molecule has 0 heterocycles. The number of benzene rings is 1. The molecule has 0 radical (unpaired) electrons.